The fourth-order valence-electron chi connectivity index (χ4n) is 2.28. The van der Waals surface area contributed by atoms with Crippen LogP contribution < -0.4 is 0 Å². The molecule has 0 fully saturated rings. The first-order valence-corrected chi connectivity index (χ1v) is 7.79. The third kappa shape index (κ3) is 7.16. The SMILES string of the molecule is CC(=O)C(=O)C/C=C(\C)CC/C=C(\C)Cc1cccc(C)c1. The summed E-state index contributed by atoms with van der Waals surface area (Å²) in [5.41, 5.74) is 5.15. The van der Waals surface area contributed by atoms with Crippen LogP contribution in [-0.2, 0) is 16.0 Å². The van der Waals surface area contributed by atoms with E-state index in [4.69, 9.17) is 0 Å². The van der Waals surface area contributed by atoms with E-state index >= 15 is 0 Å². The lowest BCUT2D eigenvalue weighted by atomic mass is 10.0. The Morgan fingerprint density at radius 3 is 2.41 bits per heavy atom. The van der Waals surface area contributed by atoms with Crippen LogP contribution in [0, 0.1) is 6.92 Å². The van der Waals surface area contributed by atoms with E-state index in [-0.39, 0.29) is 18.0 Å². The minimum Gasteiger partial charge on any atom is -0.291 e. The fourth-order valence-corrected chi connectivity index (χ4v) is 2.28. The molecule has 22 heavy (non-hydrogen) atoms. The van der Waals surface area contributed by atoms with E-state index in [9.17, 15) is 9.59 Å². The first-order chi connectivity index (χ1) is 10.4. The quantitative estimate of drug-likeness (QED) is 0.512. The molecule has 0 aliphatic carbocycles. The normalized spacial score (nSPS) is 12.4. The molecular weight excluding hydrogens is 272 g/mol. The predicted molar refractivity (Wildman–Crippen MR) is 91.9 cm³/mol. The molecule has 0 bridgehead atoms. The Morgan fingerprint density at radius 1 is 1.05 bits per heavy atom. The standard InChI is InChI=1S/C20H26O2/c1-15(11-12-20(22)18(4)21)7-5-8-16(2)13-19-10-6-9-17(3)14-19/h6,8-11,14H,5,7,12-13H2,1-4H3/b15-11+,16-8+. The molecule has 0 saturated heterocycles. The number of aryl methyl sites for hydroxylation is 1. The van der Waals surface area contributed by atoms with Gasteiger partial charge in [0, 0.05) is 13.3 Å². The van der Waals surface area contributed by atoms with Crippen molar-refractivity contribution >= 4 is 11.6 Å². The minimum atomic E-state index is -0.363. The number of hydrogen-bond acceptors (Lipinski definition) is 2. The van der Waals surface area contributed by atoms with Gasteiger partial charge in [-0.15, -0.1) is 0 Å². The molecule has 1 aromatic rings. The zero-order chi connectivity index (χ0) is 16.5. The average molecular weight is 298 g/mol. The van der Waals surface area contributed by atoms with Gasteiger partial charge in [-0.25, -0.2) is 0 Å². The highest BCUT2D eigenvalue weighted by atomic mass is 16.2. The topological polar surface area (TPSA) is 34.1 Å². The molecule has 1 rings (SSSR count). The molecule has 0 amide bonds. The highest BCUT2D eigenvalue weighted by molar-refractivity contribution is 6.36. The van der Waals surface area contributed by atoms with Crippen molar-refractivity contribution in [3.63, 3.8) is 0 Å². The molecule has 0 unspecified atom stereocenters. The summed E-state index contributed by atoms with van der Waals surface area (Å²) in [5.74, 6) is -0.677. The molecule has 0 aliphatic heterocycles. The van der Waals surface area contributed by atoms with Crippen LogP contribution in [0.4, 0.5) is 0 Å². The van der Waals surface area contributed by atoms with Crippen molar-refractivity contribution in [1.29, 1.82) is 0 Å². The number of allylic oxidation sites excluding steroid dienone is 4. The van der Waals surface area contributed by atoms with Crippen LogP contribution in [-0.4, -0.2) is 11.6 Å². The predicted octanol–water partition coefficient (Wildman–Crippen LogP) is 4.76. The lowest BCUT2D eigenvalue weighted by Gasteiger charge is -2.04. The van der Waals surface area contributed by atoms with Crippen LogP contribution in [0.5, 0.6) is 0 Å². The number of hydrogen-bond donors (Lipinski definition) is 0. The highest BCUT2D eigenvalue weighted by Crippen LogP contribution is 2.13. The largest absolute Gasteiger partial charge is 0.291 e. The third-order valence-electron chi connectivity index (χ3n) is 3.63. The van der Waals surface area contributed by atoms with E-state index in [1.165, 1.54) is 23.6 Å². The molecule has 0 aromatic heterocycles. The number of rotatable bonds is 8. The number of ketones is 2. The van der Waals surface area contributed by atoms with Crippen molar-refractivity contribution in [3.8, 4) is 0 Å². The zero-order valence-corrected chi connectivity index (χ0v) is 14.1. The summed E-state index contributed by atoms with van der Waals surface area (Å²) in [4.78, 5) is 22.1. The summed E-state index contributed by atoms with van der Waals surface area (Å²) in [5, 5.41) is 0. The lowest BCUT2D eigenvalue weighted by molar-refractivity contribution is -0.134. The molecule has 0 spiro atoms. The Labute approximate surface area is 133 Å². The Kier molecular flexibility index (Phi) is 7.51. The first-order valence-electron chi connectivity index (χ1n) is 7.79. The van der Waals surface area contributed by atoms with Crippen LogP contribution in [0.15, 0.2) is 47.6 Å². The maximum Gasteiger partial charge on any atom is 0.201 e. The molecule has 1 aromatic carbocycles. The first kappa shape index (κ1) is 18.1. The number of carbonyl (C=O) groups is 2. The molecule has 2 heteroatoms. The molecule has 2 nitrogen and oxygen atoms in total. The number of carbonyl (C=O) groups excluding carboxylic acids is 2. The van der Waals surface area contributed by atoms with Gasteiger partial charge < -0.3 is 0 Å². The summed E-state index contributed by atoms with van der Waals surface area (Å²) in [6.45, 7) is 7.60. The molecule has 0 radical (unpaired) electrons. The zero-order valence-electron chi connectivity index (χ0n) is 14.1. The lowest BCUT2D eigenvalue weighted by Crippen LogP contribution is -2.07. The van der Waals surface area contributed by atoms with Crippen LogP contribution in [0.1, 0.15) is 51.2 Å². The third-order valence-corrected chi connectivity index (χ3v) is 3.63. The summed E-state index contributed by atoms with van der Waals surface area (Å²) in [6.07, 6.45) is 7.23. The van der Waals surface area contributed by atoms with Crippen molar-refractivity contribution < 1.29 is 9.59 Å². The van der Waals surface area contributed by atoms with Gasteiger partial charge in [-0.3, -0.25) is 9.59 Å². The van der Waals surface area contributed by atoms with Crippen LogP contribution in [0.25, 0.3) is 0 Å². The van der Waals surface area contributed by atoms with E-state index in [0.717, 1.165) is 24.8 Å². The smallest absolute Gasteiger partial charge is 0.201 e. The number of benzene rings is 1. The molecule has 118 valence electrons. The van der Waals surface area contributed by atoms with E-state index in [1.54, 1.807) is 0 Å². The molecule has 0 saturated carbocycles. The van der Waals surface area contributed by atoms with E-state index in [1.807, 2.05) is 13.0 Å². The highest BCUT2D eigenvalue weighted by Gasteiger charge is 2.04. The second kappa shape index (κ2) is 9.14. The van der Waals surface area contributed by atoms with Gasteiger partial charge >= 0.3 is 0 Å². The molecule has 0 atom stereocenters. The Balaban J connectivity index is 2.42. The second-order valence-corrected chi connectivity index (χ2v) is 5.99. The number of Topliss-reactive ketones (excluding diaryl/α,β-unsaturated/α-hetero) is 2. The van der Waals surface area contributed by atoms with Crippen LogP contribution >= 0.6 is 0 Å². The molecule has 0 heterocycles. The second-order valence-electron chi connectivity index (χ2n) is 5.99. The molecular formula is C20H26O2. The van der Waals surface area contributed by atoms with Crippen LogP contribution in [0.3, 0.4) is 0 Å². The van der Waals surface area contributed by atoms with E-state index in [2.05, 4.69) is 44.2 Å². The van der Waals surface area contributed by atoms with Gasteiger partial charge in [0.15, 0.2) is 5.78 Å². The maximum atomic E-state index is 11.3. The minimum absolute atomic E-state index is 0.229. The fraction of sp³-hybridized carbons (Fsp3) is 0.400. The van der Waals surface area contributed by atoms with Crippen molar-refractivity contribution in [2.75, 3.05) is 0 Å². The molecule has 0 N–H and O–H groups in total. The van der Waals surface area contributed by atoms with Gasteiger partial charge in [-0.1, -0.05) is 53.1 Å². The maximum absolute atomic E-state index is 11.3. The van der Waals surface area contributed by atoms with Gasteiger partial charge in [-0.05, 0) is 45.6 Å². The van der Waals surface area contributed by atoms with Crippen molar-refractivity contribution in [2.24, 2.45) is 0 Å². The van der Waals surface area contributed by atoms with Gasteiger partial charge in [-0.2, -0.15) is 0 Å². The summed E-state index contributed by atoms with van der Waals surface area (Å²) >= 11 is 0. The summed E-state index contributed by atoms with van der Waals surface area (Å²) in [6, 6.07) is 8.58. The van der Waals surface area contributed by atoms with Crippen molar-refractivity contribution in [3.05, 3.63) is 58.7 Å². The Bertz CT molecular complexity index is 591. The van der Waals surface area contributed by atoms with Gasteiger partial charge in [0.2, 0.25) is 5.78 Å². The van der Waals surface area contributed by atoms with Gasteiger partial charge in [0.25, 0.3) is 0 Å². The van der Waals surface area contributed by atoms with Crippen molar-refractivity contribution in [1.82, 2.24) is 0 Å². The average Bonchev–Trinajstić information content (AvgIpc) is 2.44. The van der Waals surface area contributed by atoms with E-state index < -0.39 is 0 Å². The van der Waals surface area contributed by atoms with Crippen molar-refractivity contribution in [2.45, 2.75) is 53.4 Å². The monoisotopic (exact) mass is 298 g/mol. The molecule has 0 aliphatic rings. The van der Waals surface area contributed by atoms with Gasteiger partial charge in [0.1, 0.15) is 0 Å². The van der Waals surface area contributed by atoms with E-state index in [0.29, 0.717) is 0 Å². The van der Waals surface area contributed by atoms with Gasteiger partial charge in [0.05, 0.1) is 0 Å². The Morgan fingerprint density at radius 2 is 1.77 bits per heavy atom. The Hall–Kier alpha value is -1.96. The van der Waals surface area contributed by atoms with Crippen LogP contribution in [0.2, 0.25) is 0 Å². The summed E-state index contributed by atoms with van der Waals surface area (Å²) < 4.78 is 0. The summed E-state index contributed by atoms with van der Waals surface area (Å²) in [7, 11) is 0.